The van der Waals surface area contributed by atoms with Crippen molar-refractivity contribution in [3.05, 3.63) is 54.1 Å². The van der Waals surface area contributed by atoms with Gasteiger partial charge < -0.3 is 20.6 Å². The largest absolute Gasteiger partial charge is 0.478 e. The second-order valence-corrected chi connectivity index (χ2v) is 4.65. The average Bonchev–Trinajstić information content (AvgIpc) is 2.53. The van der Waals surface area contributed by atoms with Gasteiger partial charge in [-0.25, -0.2) is 4.79 Å². The minimum absolute atomic E-state index is 0.252. The van der Waals surface area contributed by atoms with E-state index >= 15 is 0 Å². The minimum atomic E-state index is -0.959. The number of aliphatic hydroxyl groups excluding tert-OH is 2. The fraction of sp³-hybridized carbons (Fsp3) is 0.188. The van der Waals surface area contributed by atoms with Crippen molar-refractivity contribution in [1.29, 1.82) is 0 Å². The molecule has 0 saturated carbocycles. The third kappa shape index (κ3) is 3.81. The number of carboxylic acid groups (broad SMARTS) is 1. The number of aliphatic hydroxyl groups is 2. The fourth-order valence-electron chi connectivity index (χ4n) is 1.99. The van der Waals surface area contributed by atoms with Gasteiger partial charge in [0, 0.05) is 12.2 Å². The quantitative estimate of drug-likeness (QED) is 0.650. The standard InChI is InChI=1S/C16H17NO4/c18-10-13(19)9-17-12-7-5-11(6-8-12)14-3-1-2-4-15(14)16(20)21/h1-8,13,17-19H,9-10H2,(H,20,21). The van der Waals surface area contributed by atoms with Crippen LogP contribution in [0.5, 0.6) is 0 Å². The van der Waals surface area contributed by atoms with Crippen molar-refractivity contribution in [2.24, 2.45) is 0 Å². The van der Waals surface area contributed by atoms with E-state index in [0.717, 1.165) is 11.3 Å². The molecule has 5 heteroatoms. The number of hydrogen-bond acceptors (Lipinski definition) is 4. The highest BCUT2D eigenvalue weighted by Gasteiger charge is 2.10. The number of nitrogens with one attached hydrogen (secondary N) is 1. The lowest BCUT2D eigenvalue weighted by molar-refractivity contribution is 0.0697. The summed E-state index contributed by atoms with van der Waals surface area (Å²) in [6.45, 7) is -0.0430. The summed E-state index contributed by atoms with van der Waals surface area (Å²) in [6, 6.07) is 14.1. The molecule has 0 spiro atoms. The van der Waals surface area contributed by atoms with Crippen LogP contribution in [-0.2, 0) is 0 Å². The number of rotatable bonds is 6. The van der Waals surface area contributed by atoms with Crippen LogP contribution >= 0.6 is 0 Å². The number of benzene rings is 2. The molecule has 0 aliphatic heterocycles. The highest BCUT2D eigenvalue weighted by Crippen LogP contribution is 2.25. The van der Waals surface area contributed by atoms with Crippen LogP contribution in [0.4, 0.5) is 5.69 Å². The van der Waals surface area contributed by atoms with Crippen LogP contribution in [0.1, 0.15) is 10.4 Å². The zero-order valence-electron chi connectivity index (χ0n) is 11.4. The van der Waals surface area contributed by atoms with E-state index in [4.69, 9.17) is 5.11 Å². The maximum absolute atomic E-state index is 11.2. The molecule has 1 atom stereocenters. The zero-order valence-corrected chi connectivity index (χ0v) is 11.4. The van der Waals surface area contributed by atoms with Gasteiger partial charge in [0.15, 0.2) is 0 Å². The second-order valence-electron chi connectivity index (χ2n) is 4.65. The van der Waals surface area contributed by atoms with E-state index in [-0.39, 0.29) is 18.7 Å². The summed E-state index contributed by atoms with van der Waals surface area (Å²) in [5.41, 5.74) is 2.51. The molecule has 0 aromatic heterocycles. The van der Waals surface area contributed by atoms with Gasteiger partial charge in [-0.2, -0.15) is 0 Å². The summed E-state index contributed by atoms with van der Waals surface area (Å²) in [7, 11) is 0. The van der Waals surface area contributed by atoms with Gasteiger partial charge >= 0.3 is 5.97 Å². The van der Waals surface area contributed by atoms with Gasteiger partial charge in [-0.3, -0.25) is 0 Å². The first-order valence-corrected chi connectivity index (χ1v) is 6.57. The molecule has 21 heavy (non-hydrogen) atoms. The molecule has 2 aromatic carbocycles. The molecule has 0 bridgehead atoms. The number of hydrogen-bond donors (Lipinski definition) is 4. The minimum Gasteiger partial charge on any atom is -0.478 e. The summed E-state index contributed by atoms with van der Waals surface area (Å²) in [5, 5.41) is 30.2. The van der Waals surface area contributed by atoms with Crippen LogP contribution in [0.25, 0.3) is 11.1 Å². The Kier molecular flexibility index (Phi) is 4.92. The Morgan fingerprint density at radius 3 is 2.38 bits per heavy atom. The highest BCUT2D eigenvalue weighted by atomic mass is 16.4. The Hall–Kier alpha value is -2.37. The fourth-order valence-corrected chi connectivity index (χ4v) is 1.99. The smallest absolute Gasteiger partial charge is 0.336 e. The van der Waals surface area contributed by atoms with Crippen LogP contribution in [0.3, 0.4) is 0 Å². The van der Waals surface area contributed by atoms with E-state index in [9.17, 15) is 15.0 Å². The Morgan fingerprint density at radius 1 is 1.10 bits per heavy atom. The molecule has 0 fully saturated rings. The van der Waals surface area contributed by atoms with Gasteiger partial charge in [0.1, 0.15) is 0 Å². The molecule has 2 aromatic rings. The molecular formula is C16H17NO4. The Bertz CT molecular complexity index is 610. The van der Waals surface area contributed by atoms with Crippen molar-refractivity contribution >= 4 is 11.7 Å². The van der Waals surface area contributed by atoms with Crippen molar-refractivity contribution in [3.63, 3.8) is 0 Å². The lowest BCUT2D eigenvalue weighted by atomic mass is 9.99. The molecule has 4 N–H and O–H groups in total. The van der Waals surface area contributed by atoms with E-state index in [1.54, 1.807) is 36.4 Å². The molecule has 0 saturated heterocycles. The number of aromatic carboxylic acids is 1. The maximum Gasteiger partial charge on any atom is 0.336 e. The van der Waals surface area contributed by atoms with Crippen molar-refractivity contribution in [2.75, 3.05) is 18.5 Å². The summed E-state index contributed by atoms with van der Waals surface area (Å²) in [6.07, 6.45) is -0.808. The summed E-state index contributed by atoms with van der Waals surface area (Å²) >= 11 is 0. The average molecular weight is 287 g/mol. The first kappa shape index (κ1) is 15.0. The molecular weight excluding hydrogens is 270 g/mol. The van der Waals surface area contributed by atoms with E-state index in [0.29, 0.717) is 5.56 Å². The van der Waals surface area contributed by atoms with E-state index in [2.05, 4.69) is 5.32 Å². The lowest BCUT2D eigenvalue weighted by Crippen LogP contribution is -2.22. The molecule has 0 heterocycles. The van der Waals surface area contributed by atoms with Crippen LogP contribution in [0.2, 0.25) is 0 Å². The third-order valence-electron chi connectivity index (χ3n) is 3.11. The first-order valence-electron chi connectivity index (χ1n) is 6.57. The summed E-state index contributed by atoms with van der Waals surface area (Å²) in [5.74, 6) is -0.959. The Labute approximate surface area is 122 Å². The van der Waals surface area contributed by atoms with Crippen molar-refractivity contribution in [3.8, 4) is 11.1 Å². The van der Waals surface area contributed by atoms with E-state index in [1.807, 2.05) is 12.1 Å². The SMILES string of the molecule is O=C(O)c1ccccc1-c1ccc(NCC(O)CO)cc1. The van der Waals surface area contributed by atoms with E-state index < -0.39 is 12.1 Å². The van der Waals surface area contributed by atoms with Crippen LogP contribution in [-0.4, -0.2) is 40.5 Å². The van der Waals surface area contributed by atoms with Crippen LogP contribution < -0.4 is 5.32 Å². The van der Waals surface area contributed by atoms with Crippen molar-refractivity contribution in [1.82, 2.24) is 0 Å². The Morgan fingerprint density at radius 2 is 1.76 bits per heavy atom. The second kappa shape index (κ2) is 6.88. The zero-order chi connectivity index (χ0) is 15.2. The first-order chi connectivity index (χ1) is 10.1. The molecule has 110 valence electrons. The molecule has 2 rings (SSSR count). The molecule has 1 unspecified atom stereocenters. The van der Waals surface area contributed by atoms with Crippen LogP contribution in [0, 0.1) is 0 Å². The normalized spacial score (nSPS) is 11.9. The van der Waals surface area contributed by atoms with Gasteiger partial charge in [-0.15, -0.1) is 0 Å². The highest BCUT2D eigenvalue weighted by molar-refractivity contribution is 5.96. The van der Waals surface area contributed by atoms with Crippen LogP contribution in [0.15, 0.2) is 48.5 Å². The van der Waals surface area contributed by atoms with Gasteiger partial charge in [0.25, 0.3) is 0 Å². The molecule has 5 nitrogen and oxygen atoms in total. The predicted molar refractivity (Wildman–Crippen MR) is 80.4 cm³/mol. The maximum atomic E-state index is 11.2. The monoisotopic (exact) mass is 287 g/mol. The summed E-state index contributed by atoms with van der Waals surface area (Å²) in [4.78, 5) is 11.2. The lowest BCUT2D eigenvalue weighted by Gasteiger charge is -2.11. The van der Waals surface area contributed by atoms with Gasteiger partial charge in [-0.05, 0) is 29.3 Å². The van der Waals surface area contributed by atoms with Crippen molar-refractivity contribution < 1.29 is 20.1 Å². The predicted octanol–water partition coefficient (Wildman–Crippen LogP) is 1.82. The van der Waals surface area contributed by atoms with Crippen molar-refractivity contribution in [2.45, 2.75) is 6.10 Å². The topological polar surface area (TPSA) is 89.8 Å². The molecule has 0 aliphatic carbocycles. The van der Waals surface area contributed by atoms with Gasteiger partial charge in [0.05, 0.1) is 18.3 Å². The third-order valence-corrected chi connectivity index (χ3v) is 3.11. The van der Waals surface area contributed by atoms with E-state index in [1.165, 1.54) is 0 Å². The Balaban J connectivity index is 2.18. The van der Waals surface area contributed by atoms with Gasteiger partial charge in [0.2, 0.25) is 0 Å². The number of carboxylic acids is 1. The molecule has 0 radical (unpaired) electrons. The number of carbonyl (C=O) groups is 1. The number of anilines is 1. The molecule has 0 amide bonds. The van der Waals surface area contributed by atoms with Gasteiger partial charge in [-0.1, -0.05) is 30.3 Å². The summed E-state index contributed by atoms with van der Waals surface area (Å²) < 4.78 is 0. The molecule has 0 aliphatic rings.